The molecule has 0 spiro atoms. The Labute approximate surface area is 355 Å². The molecule has 0 aliphatic carbocycles. The Bertz CT molecular complexity index is 844. The van der Waals surface area contributed by atoms with Gasteiger partial charge in [-0.3, -0.25) is 14.4 Å². The summed E-state index contributed by atoms with van der Waals surface area (Å²) in [7, 11) is 0. The molecule has 0 fully saturated rings. The van der Waals surface area contributed by atoms with Gasteiger partial charge in [0, 0.05) is 19.3 Å². The lowest BCUT2D eigenvalue weighted by Crippen LogP contribution is -2.30. The van der Waals surface area contributed by atoms with E-state index in [0.29, 0.717) is 19.3 Å². The zero-order valence-electron chi connectivity index (χ0n) is 38.6. The number of carbonyl (C=O) groups excluding carboxylic acids is 3. The van der Waals surface area contributed by atoms with Crippen molar-refractivity contribution in [3.8, 4) is 0 Å². The van der Waals surface area contributed by atoms with Crippen molar-refractivity contribution in [3.63, 3.8) is 0 Å². The molecule has 0 saturated heterocycles. The van der Waals surface area contributed by atoms with Crippen LogP contribution in [0.2, 0.25) is 0 Å². The number of unbranched alkanes of at least 4 members (excludes halogenated alkanes) is 36. The molecule has 0 heterocycles. The highest BCUT2D eigenvalue weighted by Gasteiger charge is 2.19. The molecule has 0 radical (unpaired) electrons. The summed E-state index contributed by atoms with van der Waals surface area (Å²) in [5, 5.41) is 0. The Balaban J connectivity index is 3.86. The maximum absolute atomic E-state index is 12.6. The van der Waals surface area contributed by atoms with Crippen LogP contribution in [0.5, 0.6) is 0 Å². The maximum atomic E-state index is 12.6. The largest absolute Gasteiger partial charge is 0.462 e. The highest BCUT2D eigenvalue weighted by molar-refractivity contribution is 5.71. The molecule has 6 nitrogen and oxygen atoms in total. The summed E-state index contributed by atoms with van der Waals surface area (Å²) in [6.07, 6.45) is 50.2. The molecule has 0 rings (SSSR count). The number of hydrogen-bond donors (Lipinski definition) is 0. The number of esters is 3. The number of hydrogen-bond acceptors (Lipinski definition) is 6. The lowest BCUT2D eigenvalue weighted by molar-refractivity contribution is -0.167. The standard InChI is InChI=1S/C51H98O6/c1-4-7-10-13-15-17-18-19-20-21-22-23-24-25-26-27-28-29-30-31-32-33-34-36-38-41-44-50(53)56-47-48(46-55-49(52)43-40-37-12-9-6-3)57-51(54)45-42-39-35-16-14-11-8-5-2/h48H,4-47H2,1-3H3. The lowest BCUT2D eigenvalue weighted by Gasteiger charge is -2.18. The first-order chi connectivity index (χ1) is 28.0. The molecule has 0 aromatic rings. The van der Waals surface area contributed by atoms with Gasteiger partial charge < -0.3 is 14.2 Å². The molecule has 0 amide bonds. The van der Waals surface area contributed by atoms with E-state index < -0.39 is 6.10 Å². The summed E-state index contributed by atoms with van der Waals surface area (Å²) in [4.78, 5) is 37.4. The first-order valence-electron chi connectivity index (χ1n) is 25.5. The van der Waals surface area contributed by atoms with E-state index >= 15 is 0 Å². The van der Waals surface area contributed by atoms with Crippen LogP contribution >= 0.6 is 0 Å². The summed E-state index contributed by atoms with van der Waals surface area (Å²) in [5.41, 5.74) is 0. The first kappa shape index (κ1) is 55.4. The molecule has 0 aromatic heterocycles. The second kappa shape index (κ2) is 47.1. The van der Waals surface area contributed by atoms with Crippen molar-refractivity contribution in [1.82, 2.24) is 0 Å². The third kappa shape index (κ3) is 45.3. The van der Waals surface area contributed by atoms with Crippen LogP contribution in [-0.2, 0) is 28.6 Å². The van der Waals surface area contributed by atoms with Gasteiger partial charge in [-0.1, -0.05) is 252 Å². The second-order valence-corrected chi connectivity index (χ2v) is 17.5. The van der Waals surface area contributed by atoms with E-state index in [0.717, 1.165) is 64.2 Å². The van der Waals surface area contributed by atoms with Gasteiger partial charge in [0.2, 0.25) is 0 Å². The van der Waals surface area contributed by atoms with Gasteiger partial charge in [-0.05, 0) is 19.3 Å². The van der Waals surface area contributed by atoms with Gasteiger partial charge in [-0.2, -0.15) is 0 Å². The Hall–Kier alpha value is -1.59. The third-order valence-electron chi connectivity index (χ3n) is 11.6. The Morgan fingerprint density at radius 3 is 0.702 bits per heavy atom. The van der Waals surface area contributed by atoms with Gasteiger partial charge in [0.1, 0.15) is 13.2 Å². The van der Waals surface area contributed by atoms with Gasteiger partial charge in [-0.15, -0.1) is 0 Å². The van der Waals surface area contributed by atoms with E-state index in [2.05, 4.69) is 20.8 Å². The van der Waals surface area contributed by atoms with Crippen molar-refractivity contribution < 1.29 is 28.6 Å². The smallest absolute Gasteiger partial charge is 0.306 e. The van der Waals surface area contributed by atoms with Crippen LogP contribution in [-0.4, -0.2) is 37.2 Å². The normalized spacial score (nSPS) is 11.8. The van der Waals surface area contributed by atoms with Crippen LogP contribution in [0.4, 0.5) is 0 Å². The van der Waals surface area contributed by atoms with Crippen molar-refractivity contribution in [3.05, 3.63) is 0 Å². The molecular formula is C51H98O6. The average Bonchev–Trinajstić information content (AvgIpc) is 3.21. The Kier molecular flexibility index (Phi) is 45.8. The molecule has 1 atom stereocenters. The fourth-order valence-corrected chi connectivity index (χ4v) is 7.74. The molecule has 0 aliphatic heterocycles. The molecule has 0 aromatic carbocycles. The van der Waals surface area contributed by atoms with Gasteiger partial charge in [0.25, 0.3) is 0 Å². The van der Waals surface area contributed by atoms with Gasteiger partial charge in [0.15, 0.2) is 6.10 Å². The van der Waals surface area contributed by atoms with Gasteiger partial charge >= 0.3 is 17.9 Å². The monoisotopic (exact) mass is 807 g/mol. The van der Waals surface area contributed by atoms with Crippen molar-refractivity contribution in [2.75, 3.05) is 13.2 Å². The zero-order valence-corrected chi connectivity index (χ0v) is 38.6. The molecule has 57 heavy (non-hydrogen) atoms. The van der Waals surface area contributed by atoms with E-state index in [4.69, 9.17) is 14.2 Å². The SMILES string of the molecule is CCCCCCCCCCCCCCCCCCCCCCCCCCCCC(=O)OCC(COC(=O)CCCCCCC)OC(=O)CCCCCCCCCC. The fraction of sp³-hybridized carbons (Fsp3) is 0.941. The minimum Gasteiger partial charge on any atom is -0.462 e. The van der Waals surface area contributed by atoms with Gasteiger partial charge in [-0.25, -0.2) is 0 Å². The second-order valence-electron chi connectivity index (χ2n) is 17.5. The number of carbonyl (C=O) groups is 3. The molecule has 1 unspecified atom stereocenters. The van der Waals surface area contributed by atoms with Crippen LogP contribution in [0.1, 0.15) is 290 Å². The highest BCUT2D eigenvalue weighted by Crippen LogP contribution is 2.17. The molecule has 6 heteroatoms. The Morgan fingerprint density at radius 2 is 0.474 bits per heavy atom. The first-order valence-corrected chi connectivity index (χ1v) is 25.5. The molecule has 0 aliphatic rings. The summed E-state index contributed by atoms with van der Waals surface area (Å²) in [6, 6.07) is 0. The molecule has 0 N–H and O–H groups in total. The quantitative estimate of drug-likeness (QED) is 0.0346. The predicted octanol–water partition coefficient (Wildman–Crippen LogP) is 16.4. The summed E-state index contributed by atoms with van der Waals surface area (Å²) in [6.45, 7) is 6.56. The molecule has 338 valence electrons. The molecule has 0 saturated carbocycles. The van der Waals surface area contributed by atoms with Crippen LogP contribution in [0.3, 0.4) is 0 Å². The van der Waals surface area contributed by atoms with Gasteiger partial charge in [0.05, 0.1) is 0 Å². The zero-order chi connectivity index (χ0) is 41.5. The summed E-state index contributed by atoms with van der Waals surface area (Å²) in [5.74, 6) is -0.869. The minimum atomic E-state index is -0.756. The summed E-state index contributed by atoms with van der Waals surface area (Å²) >= 11 is 0. The lowest BCUT2D eigenvalue weighted by atomic mass is 10.0. The third-order valence-corrected chi connectivity index (χ3v) is 11.6. The van der Waals surface area contributed by atoms with Crippen LogP contribution in [0.15, 0.2) is 0 Å². The topological polar surface area (TPSA) is 78.9 Å². The molecule has 0 bridgehead atoms. The van der Waals surface area contributed by atoms with Crippen LogP contribution in [0, 0.1) is 0 Å². The predicted molar refractivity (Wildman–Crippen MR) is 243 cm³/mol. The highest BCUT2D eigenvalue weighted by atomic mass is 16.6. The van der Waals surface area contributed by atoms with Crippen molar-refractivity contribution in [2.24, 2.45) is 0 Å². The average molecular weight is 807 g/mol. The van der Waals surface area contributed by atoms with Crippen LogP contribution < -0.4 is 0 Å². The minimum absolute atomic E-state index is 0.0642. The van der Waals surface area contributed by atoms with Crippen molar-refractivity contribution in [1.29, 1.82) is 0 Å². The van der Waals surface area contributed by atoms with E-state index in [1.165, 1.54) is 186 Å². The fourth-order valence-electron chi connectivity index (χ4n) is 7.74. The summed E-state index contributed by atoms with van der Waals surface area (Å²) < 4.78 is 16.6. The van der Waals surface area contributed by atoms with E-state index in [1.54, 1.807) is 0 Å². The maximum Gasteiger partial charge on any atom is 0.306 e. The van der Waals surface area contributed by atoms with E-state index in [9.17, 15) is 14.4 Å². The van der Waals surface area contributed by atoms with Crippen molar-refractivity contribution in [2.45, 2.75) is 297 Å². The Morgan fingerprint density at radius 1 is 0.281 bits per heavy atom. The van der Waals surface area contributed by atoms with E-state index in [-0.39, 0.29) is 31.1 Å². The van der Waals surface area contributed by atoms with Crippen LogP contribution in [0.25, 0.3) is 0 Å². The van der Waals surface area contributed by atoms with Crippen molar-refractivity contribution >= 4 is 17.9 Å². The molecular weight excluding hydrogens is 709 g/mol. The number of rotatable bonds is 47. The van der Waals surface area contributed by atoms with E-state index in [1.807, 2.05) is 0 Å². The number of ether oxygens (including phenoxy) is 3.